The van der Waals surface area contributed by atoms with E-state index in [1.807, 2.05) is 24.5 Å². The van der Waals surface area contributed by atoms with Crippen molar-refractivity contribution >= 4 is 44.3 Å². The van der Waals surface area contributed by atoms with Crippen molar-refractivity contribution in [1.82, 2.24) is 24.5 Å². The number of nitrogens with zero attached hydrogens (tertiary/aromatic N) is 5. The SMILES string of the molecule is CC(C)n1cc(C(=O)c2cncc(NC(=O)Cc3ccc(Br)cn3)c2)c2cncnc21. The van der Waals surface area contributed by atoms with E-state index in [0.29, 0.717) is 33.5 Å². The van der Waals surface area contributed by atoms with E-state index in [1.54, 1.807) is 30.7 Å². The average molecular weight is 479 g/mol. The summed E-state index contributed by atoms with van der Waals surface area (Å²) in [7, 11) is 0. The number of ketones is 1. The molecule has 0 fully saturated rings. The van der Waals surface area contributed by atoms with Gasteiger partial charge >= 0.3 is 0 Å². The van der Waals surface area contributed by atoms with Crippen LogP contribution in [0.15, 0.2) is 60.0 Å². The third kappa shape index (κ3) is 4.51. The summed E-state index contributed by atoms with van der Waals surface area (Å²) in [6.45, 7) is 4.04. The summed E-state index contributed by atoms with van der Waals surface area (Å²) in [6.07, 6.45) is 9.63. The molecule has 4 aromatic heterocycles. The maximum Gasteiger partial charge on any atom is 0.230 e. The molecule has 0 radical (unpaired) electrons. The number of carbonyl (C=O) groups excluding carboxylic acids is 2. The van der Waals surface area contributed by atoms with Crippen LogP contribution in [0.2, 0.25) is 0 Å². The Morgan fingerprint density at radius 1 is 1.10 bits per heavy atom. The molecule has 1 N–H and O–H groups in total. The minimum atomic E-state index is -0.244. The quantitative estimate of drug-likeness (QED) is 0.420. The maximum atomic E-state index is 13.2. The Hall–Kier alpha value is -3.46. The Bertz CT molecular complexity index is 1270. The van der Waals surface area contributed by atoms with Crippen LogP contribution in [0, 0.1) is 0 Å². The van der Waals surface area contributed by atoms with Crippen molar-refractivity contribution in [3.8, 4) is 0 Å². The van der Waals surface area contributed by atoms with E-state index in [-0.39, 0.29) is 24.2 Å². The number of pyridine rings is 2. The summed E-state index contributed by atoms with van der Waals surface area (Å²) in [4.78, 5) is 42.3. The first-order valence-corrected chi connectivity index (χ1v) is 10.4. The normalized spacial score (nSPS) is 11.1. The molecule has 0 saturated carbocycles. The number of rotatable bonds is 6. The third-order valence-corrected chi connectivity index (χ3v) is 5.18. The van der Waals surface area contributed by atoms with Crippen molar-refractivity contribution in [2.45, 2.75) is 26.3 Å². The minimum Gasteiger partial charge on any atom is -0.329 e. The van der Waals surface area contributed by atoms with Crippen LogP contribution in [0.3, 0.4) is 0 Å². The van der Waals surface area contributed by atoms with Crippen molar-refractivity contribution in [2.75, 3.05) is 5.32 Å². The number of hydrogen-bond donors (Lipinski definition) is 1. The van der Waals surface area contributed by atoms with E-state index >= 15 is 0 Å². The molecule has 0 aromatic carbocycles. The van der Waals surface area contributed by atoms with E-state index in [0.717, 1.165) is 4.47 Å². The number of amides is 1. The molecule has 4 heterocycles. The smallest absolute Gasteiger partial charge is 0.230 e. The van der Waals surface area contributed by atoms with Gasteiger partial charge in [-0.3, -0.25) is 19.6 Å². The molecule has 156 valence electrons. The van der Waals surface area contributed by atoms with Gasteiger partial charge < -0.3 is 9.88 Å². The van der Waals surface area contributed by atoms with Crippen LogP contribution < -0.4 is 5.32 Å². The highest BCUT2D eigenvalue weighted by Crippen LogP contribution is 2.25. The number of fused-ring (bicyclic) bond motifs is 1. The highest BCUT2D eigenvalue weighted by atomic mass is 79.9. The lowest BCUT2D eigenvalue weighted by Gasteiger charge is -2.07. The molecule has 0 atom stereocenters. The lowest BCUT2D eigenvalue weighted by Crippen LogP contribution is -2.15. The molecule has 0 saturated heterocycles. The van der Waals surface area contributed by atoms with Gasteiger partial charge in [0, 0.05) is 51.9 Å². The summed E-state index contributed by atoms with van der Waals surface area (Å²) in [5.74, 6) is -0.455. The van der Waals surface area contributed by atoms with Gasteiger partial charge in [-0.15, -0.1) is 0 Å². The molecular formula is C22H19BrN6O2. The summed E-state index contributed by atoms with van der Waals surface area (Å²) >= 11 is 3.32. The molecule has 4 rings (SSSR count). The van der Waals surface area contributed by atoms with Crippen molar-refractivity contribution in [1.29, 1.82) is 0 Å². The lowest BCUT2D eigenvalue weighted by molar-refractivity contribution is -0.115. The van der Waals surface area contributed by atoms with Gasteiger partial charge in [0.05, 0.1) is 23.9 Å². The van der Waals surface area contributed by atoms with Crippen molar-refractivity contribution in [3.63, 3.8) is 0 Å². The van der Waals surface area contributed by atoms with E-state index in [2.05, 4.69) is 41.2 Å². The van der Waals surface area contributed by atoms with Crippen LogP contribution in [-0.4, -0.2) is 36.2 Å². The number of aromatic nitrogens is 5. The Balaban J connectivity index is 1.57. The van der Waals surface area contributed by atoms with Gasteiger partial charge in [0.1, 0.15) is 12.0 Å². The number of nitrogens with one attached hydrogen (secondary N) is 1. The Morgan fingerprint density at radius 3 is 2.68 bits per heavy atom. The minimum absolute atomic E-state index is 0.116. The van der Waals surface area contributed by atoms with Gasteiger partial charge in [0.15, 0.2) is 5.78 Å². The number of anilines is 1. The van der Waals surface area contributed by atoms with E-state index in [9.17, 15) is 9.59 Å². The predicted octanol–water partition coefficient (Wildman–Crippen LogP) is 3.98. The first kappa shape index (κ1) is 20.8. The highest BCUT2D eigenvalue weighted by molar-refractivity contribution is 9.10. The molecule has 9 heteroatoms. The van der Waals surface area contributed by atoms with Crippen molar-refractivity contribution in [3.05, 3.63) is 76.8 Å². The van der Waals surface area contributed by atoms with Gasteiger partial charge in [-0.2, -0.15) is 0 Å². The zero-order valence-corrected chi connectivity index (χ0v) is 18.5. The standard InChI is InChI=1S/C22H19BrN6O2/c1-13(2)29-11-19(18-10-25-12-27-22(18)29)21(31)14-5-17(9-24-7-14)28-20(30)6-16-4-3-15(23)8-26-16/h3-5,7-13H,6H2,1-2H3,(H,28,30). The van der Waals surface area contributed by atoms with Gasteiger partial charge in [-0.05, 0) is 48.0 Å². The van der Waals surface area contributed by atoms with E-state index in [4.69, 9.17) is 0 Å². The number of halogens is 1. The third-order valence-electron chi connectivity index (χ3n) is 4.71. The second-order valence-electron chi connectivity index (χ2n) is 7.29. The molecule has 0 bridgehead atoms. The maximum absolute atomic E-state index is 13.2. The summed E-state index contributed by atoms with van der Waals surface area (Å²) in [6, 6.07) is 5.35. The predicted molar refractivity (Wildman–Crippen MR) is 120 cm³/mol. The highest BCUT2D eigenvalue weighted by Gasteiger charge is 2.19. The molecule has 0 unspecified atom stereocenters. The van der Waals surface area contributed by atoms with Gasteiger partial charge in [-0.25, -0.2) is 9.97 Å². The van der Waals surface area contributed by atoms with Crippen LogP contribution in [0.5, 0.6) is 0 Å². The average Bonchev–Trinajstić information content (AvgIpc) is 3.15. The summed E-state index contributed by atoms with van der Waals surface area (Å²) in [5, 5.41) is 3.45. The van der Waals surface area contributed by atoms with Crippen LogP contribution in [-0.2, 0) is 11.2 Å². The molecule has 0 spiro atoms. The van der Waals surface area contributed by atoms with Crippen LogP contribution in [0.4, 0.5) is 5.69 Å². The van der Waals surface area contributed by atoms with E-state index < -0.39 is 0 Å². The second-order valence-corrected chi connectivity index (χ2v) is 8.20. The number of carbonyl (C=O) groups is 2. The Morgan fingerprint density at radius 2 is 1.94 bits per heavy atom. The van der Waals surface area contributed by atoms with Gasteiger partial charge in [0.2, 0.25) is 5.91 Å². The second kappa shape index (κ2) is 8.73. The first-order chi connectivity index (χ1) is 14.9. The molecule has 0 aliphatic rings. The van der Waals surface area contributed by atoms with Crippen LogP contribution >= 0.6 is 15.9 Å². The lowest BCUT2D eigenvalue weighted by atomic mass is 10.1. The van der Waals surface area contributed by atoms with Gasteiger partial charge in [-0.1, -0.05) is 0 Å². The zero-order chi connectivity index (χ0) is 22.0. The summed E-state index contributed by atoms with van der Waals surface area (Å²) in [5.41, 5.74) is 2.65. The van der Waals surface area contributed by atoms with Crippen molar-refractivity contribution in [2.24, 2.45) is 0 Å². The monoisotopic (exact) mass is 478 g/mol. The molecule has 4 aromatic rings. The molecule has 8 nitrogen and oxygen atoms in total. The molecular weight excluding hydrogens is 460 g/mol. The molecule has 31 heavy (non-hydrogen) atoms. The van der Waals surface area contributed by atoms with Gasteiger partial charge in [0.25, 0.3) is 0 Å². The Labute approximate surface area is 186 Å². The van der Waals surface area contributed by atoms with Crippen molar-refractivity contribution < 1.29 is 9.59 Å². The molecule has 0 aliphatic carbocycles. The summed E-state index contributed by atoms with van der Waals surface area (Å²) < 4.78 is 2.78. The fourth-order valence-electron chi connectivity index (χ4n) is 3.23. The fourth-order valence-corrected chi connectivity index (χ4v) is 3.47. The fraction of sp³-hybridized carbons (Fsp3) is 0.182. The van der Waals surface area contributed by atoms with E-state index in [1.165, 1.54) is 18.7 Å². The topological polar surface area (TPSA) is 103 Å². The number of hydrogen-bond acceptors (Lipinski definition) is 6. The molecule has 0 aliphatic heterocycles. The zero-order valence-electron chi connectivity index (χ0n) is 16.9. The largest absolute Gasteiger partial charge is 0.329 e. The Kier molecular flexibility index (Phi) is 5.85. The molecule has 1 amide bonds. The van der Waals surface area contributed by atoms with Crippen LogP contribution in [0.1, 0.15) is 41.5 Å². The van der Waals surface area contributed by atoms with Crippen LogP contribution in [0.25, 0.3) is 11.0 Å². The first-order valence-electron chi connectivity index (χ1n) is 9.63.